The molecule has 98 valence electrons. The molecule has 18 heavy (non-hydrogen) atoms. The van der Waals surface area contributed by atoms with Crippen molar-refractivity contribution in [1.29, 1.82) is 0 Å². The molecule has 0 aromatic heterocycles. The van der Waals surface area contributed by atoms with Crippen molar-refractivity contribution in [1.82, 2.24) is 10.6 Å². The van der Waals surface area contributed by atoms with Gasteiger partial charge in [-0.1, -0.05) is 13.0 Å². The third-order valence-electron chi connectivity index (χ3n) is 3.59. The third kappa shape index (κ3) is 2.88. The molecule has 0 unspecified atom stereocenters. The van der Waals surface area contributed by atoms with Crippen molar-refractivity contribution in [3.8, 4) is 0 Å². The van der Waals surface area contributed by atoms with Crippen LogP contribution in [0.4, 0.5) is 4.39 Å². The molecule has 2 N–H and O–H groups in total. The first-order valence-corrected chi connectivity index (χ1v) is 6.35. The Hall–Kier alpha value is -1.42. The summed E-state index contributed by atoms with van der Waals surface area (Å²) in [6, 6.07) is 4.42. The number of halogens is 1. The minimum Gasteiger partial charge on any atom is -0.348 e. The van der Waals surface area contributed by atoms with Gasteiger partial charge in [-0.2, -0.15) is 0 Å². The molecular formula is C14H19FN2O. The van der Waals surface area contributed by atoms with Crippen LogP contribution >= 0.6 is 0 Å². The molecule has 0 bridgehead atoms. The van der Waals surface area contributed by atoms with Crippen molar-refractivity contribution in [2.75, 3.05) is 13.1 Å². The van der Waals surface area contributed by atoms with Crippen LogP contribution in [0.15, 0.2) is 18.2 Å². The fourth-order valence-corrected chi connectivity index (χ4v) is 2.27. The molecule has 0 aliphatic carbocycles. The van der Waals surface area contributed by atoms with E-state index in [1.807, 2.05) is 6.92 Å². The standard InChI is InChI=1S/C14H19FN2O/c1-9-3-4-11(15)7-12(9)14(18)17-13-8-16-6-5-10(13)2/h3-4,7,10,13,16H,5-6,8H2,1-2H3,(H,17,18)/t10-,13-/m1/s1. The van der Waals surface area contributed by atoms with Gasteiger partial charge in [0.05, 0.1) is 0 Å². The van der Waals surface area contributed by atoms with Gasteiger partial charge in [0, 0.05) is 18.2 Å². The van der Waals surface area contributed by atoms with Crippen LogP contribution in [0, 0.1) is 18.7 Å². The summed E-state index contributed by atoms with van der Waals surface area (Å²) in [5.74, 6) is -0.114. The van der Waals surface area contributed by atoms with E-state index in [1.54, 1.807) is 6.07 Å². The Labute approximate surface area is 107 Å². The van der Waals surface area contributed by atoms with Crippen molar-refractivity contribution < 1.29 is 9.18 Å². The molecule has 4 heteroatoms. The fraction of sp³-hybridized carbons (Fsp3) is 0.500. The summed E-state index contributed by atoms with van der Waals surface area (Å²) in [7, 11) is 0. The second-order valence-corrected chi connectivity index (χ2v) is 5.01. The van der Waals surface area contributed by atoms with Gasteiger partial charge in [0.2, 0.25) is 0 Å². The highest BCUT2D eigenvalue weighted by Gasteiger charge is 2.23. The van der Waals surface area contributed by atoms with E-state index in [9.17, 15) is 9.18 Å². The minimum absolute atomic E-state index is 0.119. The number of amides is 1. The van der Waals surface area contributed by atoms with Crippen molar-refractivity contribution in [3.05, 3.63) is 35.1 Å². The van der Waals surface area contributed by atoms with E-state index in [0.29, 0.717) is 11.5 Å². The first kappa shape index (κ1) is 13.0. The lowest BCUT2D eigenvalue weighted by Gasteiger charge is -2.30. The fourth-order valence-electron chi connectivity index (χ4n) is 2.27. The van der Waals surface area contributed by atoms with Crippen LogP contribution < -0.4 is 10.6 Å². The highest BCUT2D eigenvalue weighted by atomic mass is 19.1. The Morgan fingerprint density at radius 3 is 3.00 bits per heavy atom. The molecule has 0 radical (unpaired) electrons. The quantitative estimate of drug-likeness (QED) is 0.841. The Kier molecular flexibility index (Phi) is 3.97. The summed E-state index contributed by atoms with van der Waals surface area (Å²) < 4.78 is 13.2. The summed E-state index contributed by atoms with van der Waals surface area (Å²) in [5.41, 5.74) is 1.22. The number of carbonyl (C=O) groups is 1. The van der Waals surface area contributed by atoms with Crippen LogP contribution in [-0.2, 0) is 0 Å². The Bertz CT molecular complexity index is 447. The zero-order valence-corrected chi connectivity index (χ0v) is 10.8. The molecule has 0 saturated carbocycles. The molecule has 2 atom stereocenters. The normalized spacial score (nSPS) is 23.7. The van der Waals surface area contributed by atoms with Gasteiger partial charge in [-0.15, -0.1) is 0 Å². The number of hydrogen-bond acceptors (Lipinski definition) is 2. The molecule has 0 spiro atoms. The molecule has 1 amide bonds. The topological polar surface area (TPSA) is 41.1 Å². The predicted octanol–water partition coefficient (Wildman–Crippen LogP) is 1.86. The van der Waals surface area contributed by atoms with Crippen LogP contribution in [0.25, 0.3) is 0 Å². The smallest absolute Gasteiger partial charge is 0.251 e. The zero-order valence-electron chi connectivity index (χ0n) is 10.8. The SMILES string of the molecule is Cc1ccc(F)cc1C(=O)N[C@@H]1CNCC[C@H]1C. The lowest BCUT2D eigenvalue weighted by Crippen LogP contribution is -2.50. The molecule has 2 rings (SSSR count). The van der Waals surface area contributed by atoms with Gasteiger partial charge in [0.1, 0.15) is 5.82 Å². The summed E-state index contributed by atoms with van der Waals surface area (Å²) >= 11 is 0. The molecule has 1 heterocycles. The number of aryl methyl sites for hydroxylation is 1. The third-order valence-corrected chi connectivity index (χ3v) is 3.59. The lowest BCUT2D eigenvalue weighted by molar-refractivity contribution is 0.0914. The minimum atomic E-state index is -0.374. The van der Waals surface area contributed by atoms with E-state index in [0.717, 1.165) is 25.1 Å². The van der Waals surface area contributed by atoms with Gasteiger partial charge >= 0.3 is 0 Å². The molecule has 1 aliphatic rings. The van der Waals surface area contributed by atoms with Crippen LogP contribution in [0.3, 0.4) is 0 Å². The number of rotatable bonds is 2. The highest BCUT2D eigenvalue weighted by Crippen LogP contribution is 2.14. The summed E-state index contributed by atoms with van der Waals surface area (Å²) in [4.78, 5) is 12.1. The average molecular weight is 250 g/mol. The summed E-state index contributed by atoms with van der Waals surface area (Å²) in [6.07, 6.45) is 1.05. The van der Waals surface area contributed by atoms with Crippen LogP contribution in [-0.4, -0.2) is 25.0 Å². The lowest BCUT2D eigenvalue weighted by atomic mass is 9.94. The average Bonchev–Trinajstić information content (AvgIpc) is 2.35. The number of hydrogen-bond donors (Lipinski definition) is 2. The number of benzene rings is 1. The maximum atomic E-state index is 13.2. The molecule has 1 aromatic carbocycles. The van der Waals surface area contributed by atoms with Crippen molar-refractivity contribution in [3.63, 3.8) is 0 Å². The molecule has 3 nitrogen and oxygen atoms in total. The molecule has 1 saturated heterocycles. The van der Waals surface area contributed by atoms with Gasteiger partial charge < -0.3 is 10.6 Å². The monoisotopic (exact) mass is 250 g/mol. The summed E-state index contributed by atoms with van der Waals surface area (Å²) in [5, 5.41) is 6.24. The molecule has 1 aromatic rings. The maximum Gasteiger partial charge on any atom is 0.251 e. The van der Waals surface area contributed by atoms with E-state index in [1.165, 1.54) is 12.1 Å². The Morgan fingerprint density at radius 2 is 2.28 bits per heavy atom. The van der Waals surface area contributed by atoms with Crippen LogP contribution in [0.1, 0.15) is 29.3 Å². The van der Waals surface area contributed by atoms with Gasteiger partial charge in [-0.25, -0.2) is 4.39 Å². The maximum absolute atomic E-state index is 13.2. The Balaban J connectivity index is 2.09. The van der Waals surface area contributed by atoms with Gasteiger partial charge in [-0.3, -0.25) is 4.79 Å². The van der Waals surface area contributed by atoms with Gasteiger partial charge in [0.25, 0.3) is 5.91 Å². The van der Waals surface area contributed by atoms with Gasteiger partial charge in [-0.05, 0) is 43.5 Å². The second-order valence-electron chi connectivity index (χ2n) is 5.01. The molecule has 1 aliphatic heterocycles. The van der Waals surface area contributed by atoms with Crippen LogP contribution in [0.5, 0.6) is 0 Å². The van der Waals surface area contributed by atoms with E-state index in [2.05, 4.69) is 17.6 Å². The second kappa shape index (κ2) is 5.48. The first-order chi connectivity index (χ1) is 8.58. The van der Waals surface area contributed by atoms with E-state index in [4.69, 9.17) is 0 Å². The van der Waals surface area contributed by atoms with Gasteiger partial charge in [0.15, 0.2) is 0 Å². The van der Waals surface area contributed by atoms with Crippen molar-refractivity contribution in [2.24, 2.45) is 5.92 Å². The van der Waals surface area contributed by atoms with E-state index < -0.39 is 0 Å². The zero-order chi connectivity index (χ0) is 13.1. The summed E-state index contributed by atoms with van der Waals surface area (Å²) in [6.45, 7) is 5.72. The Morgan fingerprint density at radius 1 is 1.50 bits per heavy atom. The first-order valence-electron chi connectivity index (χ1n) is 6.35. The van der Waals surface area contributed by atoms with Crippen molar-refractivity contribution >= 4 is 5.91 Å². The van der Waals surface area contributed by atoms with E-state index in [-0.39, 0.29) is 17.8 Å². The van der Waals surface area contributed by atoms with Crippen LogP contribution in [0.2, 0.25) is 0 Å². The highest BCUT2D eigenvalue weighted by molar-refractivity contribution is 5.95. The molecular weight excluding hydrogens is 231 g/mol. The number of carbonyl (C=O) groups excluding carboxylic acids is 1. The van der Waals surface area contributed by atoms with Crippen molar-refractivity contribution in [2.45, 2.75) is 26.3 Å². The number of nitrogens with one attached hydrogen (secondary N) is 2. The largest absolute Gasteiger partial charge is 0.348 e. The predicted molar refractivity (Wildman–Crippen MR) is 69.0 cm³/mol. The molecule has 1 fully saturated rings. The van der Waals surface area contributed by atoms with E-state index >= 15 is 0 Å². The number of piperidine rings is 1.